The molecule has 8 nitrogen and oxygen atoms in total. The van der Waals surface area contributed by atoms with Crippen molar-refractivity contribution in [1.82, 2.24) is 5.43 Å². The van der Waals surface area contributed by atoms with Crippen LogP contribution in [0.5, 0.6) is 11.5 Å². The topological polar surface area (TPSA) is 97.3 Å². The summed E-state index contributed by atoms with van der Waals surface area (Å²) in [5.74, 6) is 0.494. The first-order valence-electron chi connectivity index (χ1n) is 8.86. The van der Waals surface area contributed by atoms with Crippen molar-refractivity contribution >= 4 is 38.9 Å². The smallest absolute Gasteiger partial charge is 0.260 e. The molecule has 0 aliphatic heterocycles. The van der Waals surface area contributed by atoms with Crippen molar-refractivity contribution in [3.05, 3.63) is 52.5 Å². The monoisotopic (exact) mass is 453 g/mol. The summed E-state index contributed by atoms with van der Waals surface area (Å²) >= 11 is 6.00. The van der Waals surface area contributed by atoms with E-state index in [1.54, 1.807) is 44.2 Å². The first kappa shape index (κ1) is 23.5. The van der Waals surface area contributed by atoms with Crippen LogP contribution in [0.1, 0.15) is 18.1 Å². The number of aryl methyl sites for hydroxylation is 1. The van der Waals surface area contributed by atoms with Gasteiger partial charge in [0.25, 0.3) is 5.91 Å². The maximum atomic E-state index is 12.4. The Morgan fingerprint density at radius 3 is 2.40 bits per heavy atom. The molecule has 10 heteroatoms. The Kier molecular flexibility index (Phi) is 7.69. The number of hydrogen-bond acceptors (Lipinski definition) is 6. The molecule has 0 atom stereocenters. The first-order chi connectivity index (χ1) is 14.1. The molecule has 30 heavy (non-hydrogen) atoms. The summed E-state index contributed by atoms with van der Waals surface area (Å²) in [6.07, 6.45) is 1.03. The van der Waals surface area contributed by atoms with Gasteiger partial charge in [-0.25, -0.2) is 13.8 Å². The van der Waals surface area contributed by atoms with Crippen LogP contribution >= 0.6 is 11.6 Å². The molecule has 0 bridgehead atoms. The Labute approximate surface area is 181 Å². The average Bonchev–Trinajstić information content (AvgIpc) is 2.70. The van der Waals surface area contributed by atoms with Crippen molar-refractivity contribution in [3.63, 3.8) is 0 Å². The highest BCUT2D eigenvalue weighted by atomic mass is 35.5. The molecule has 0 aromatic heterocycles. The van der Waals surface area contributed by atoms with Crippen LogP contribution in [0.3, 0.4) is 0 Å². The minimum absolute atomic E-state index is 0.334. The highest BCUT2D eigenvalue weighted by Gasteiger charge is 2.22. The van der Waals surface area contributed by atoms with E-state index in [1.807, 2.05) is 0 Å². The molecular formula is C20H24ClN3O5S. The standard InChI is InChI=1S/C20H24ClN3O5S/c1-13-6-8-16(21)11-17(13)24(30(5,26)27)12-20(25)23-22-14(2)15-7-9-18(28-3)19(10-15)29-4/h6-11H,12H2,1-5H3,(H,23,25)/b22-14-. The van der Waals surface area contributed by atoms with E-state index >= 15 is 0 Å². The quantitative estimate of drug-likeness (QED) is 0.489. The molecule has 2 aromatic rings. The SMILES string of the molecule is COc1ccc(/C(C)=N\NC(=O)CN(c2cc(Cl)ccc2C)S(C)(=O)=O)cc1OC. The summed E-state index contributed by atoms with van der Waals surface area (Å²) in [6, 6.07) is 10.1. The molecule has 162 valence electrons. The fourth-order valence-corrected chi connectivity index (χ4v) is 3.74. The van der Waals surface area contributed by atoms with Gasteiger partial charge < -0.3 is 9.47 Å². The van der Waals surface area contributed by atoms with Crippen LogP contribution < -0.4 is 19.2 Å². The summed E-state index contributed by atoms with van der Waals surface area (Å²) in [5, 5.41) is 4.43. The molecule has 0 unspecified atom stereocenters. The van der Waals surface area contributed by atoms with Gasteiger partial charge in [0, 0.05) is 10.6 Å². The van der Waals surface area contributed by atoms with E-state index in [0.717, 1.165) is 10.6 Å². The number of ether oxygens (including phenoxy) is 2. The second-order valence-corrected chi connectivity index (χ2v) is 8.85. The lowest BCUT2D eigenvalue weighted by Gasteiger charge is -2.23. The third kappa shape index (κ3) is 5.87. The number of benzene rings is 2. The number of hydrogen-bond donors (Lipinski definition) is 1. The second kappa shape index (κ2) is 9.82. The van der Waals surface area contributed by atoms with E-state index in [0.29, 0.717) is 39.0 Å². The lowest BCUT2D eigenvalue weighted by Crippen LogP contribution is -2.39. The van der Waals surface area contributed by atoms with Gasteiger partial charge >= 0.3 is 0 Å². The number of nitrogens with one attached hydrogen (secondary N) is 1. The third-order valence-electron chi connectivity index (χ3n) is 4.28. The molecule has 0 fully saturated rings. The van der Waals surface area contributed by atoms with Gasteiger partial charge in [-0.2, -0.15) is 5.10 Å². The average molecular weight is 454 g/mol. The minimum Gasteiger partial charge on any atom is -0.493 e. The predicted octanol–water partition coefficient (Wildman–Crippen LogP) is 2.97. The zero-order chi connectivity index (χ0) is 22.5. The zero-order valence-electron chi connectivity index (χ0n) is 17.4. The zero-order valence-corrected chi connectivity index (χ0v) is 19.0. The number of nitrogens with zero attached hydrogens (tertiary/aromatic N) is 2. The number of amides is 1. The van der Waals surface area contributed by atoms with E-state index in [-0.39, 0.29) is 0 Å². The third-order valence-corrected chi connectivity index (χ3v) is 5.64. The summed E-state index contributed by atoms with van der Waals surface area (Å²) in [6.45, 7) is 3.00. The second-order valence-electron chi connectivity index (χ2n) is 6.50. The van der Waals surface area contributed by atoms with Crippen LogP contribution in [0.4, 0.5) is 5.69 Å². The fraction of sp³-hybridized carbons (Fsp3) is 0.300. The van der Waals surface area contributed by atoms with Crippen LogP contribution in [0.2, 0.25) is 5.02 Å². The molecule has 0 aliphatic rings. The number of hydrazone groups is 1. The number of methoxy groups -OCH3 is 2. The maximum absolute atomic E-state index is 12.4. The van der Waals surface area contributed by atoms with Crippen LogP contribution in [0, 0.1) is 6.92 Å². The van der Waals surface area contributed by atoms with Crippen LogP contribution in [-0.2, 0) is 14.8 Å². The van der Waals surface area contributed by atoms with Crippen molar-refractivity contribution in [3.8, 4) is 11.5 Å². The van der Waals surface area contributed by atoms with Crippen molar-refractivity contribution in [2.24, 2.45) is 5.10 Å². The molecule has 2 rings (SSSR count). The van der Waals surface area contributed by atoms with Crippen LogP contribution in [0.25, 0.3) is 0 Å². The van der Waals surface area contributed by atoms with Gasteiger partial charge in [0.1, 0.15) is 6.54 Å². The highest BCUT2D eigenvalue weighted by Crippen LogP contribution is 2.28. The molecule has 0 heterocycles. The lowest BCUT2D eigenvalue weighted by molar-refractivity contribution is -0.119. The van der Waals surface area contributed by atoms with E-state index < -0.39 is 22.5 Å². The van der Waals surface area contributed by atoms with Crippen molar-refractivity contribution in [1.29, 1.82) is 0 Å². The number of anilines is 1. The molecule has 2 aromatic carbocycles. The van der Waals surface area contributed by atoms with Crippen molar-refractivity contribution < 1.29 is 22.7 Å². The first-order valence-corrected chi connectivity index (χ1v) is 11.1. The van der Waals surface area contributed by atoms with Crippen LogP contribution in [0.15, 0.2) is 41.5 Å². The number of carbonyl (C=O) groups excluding carboxylic acids is 1. The molecule has 1 amide bonds. The van der Waals surface area contributed by atoms with E-state index in [2.05, 4.69) is 10.5 Å². The fourth-order valence-electron chi connectivity index (χ4n) is 2.67. The maximum Gasteiger partial charge on any atom is 0.260 e. The summed E-state index contributed by atoms with van der Waals surface area (Å²) in [5.41, 5.74) is 4.61. The van der Waals surface area contributed by atoms with Crippen LogP contribution in [-0.4, -0.2) is 47.1 Å². The minimum atomic E-state index is -3.72. The molecule has 0 aliphatic carbocycles. The number of rotatable bonds is 8. The van der Waals surface area contributed by atoms with E-state index in [4.69, 9.17) is 21.1 Å². The molecule has 1 N–H and O–H groups in total. The van der Waals surface area contributed by atoms with Gasteiger partial charge in [0.15, 0.2) is 11.5 Å². The molecule has 0 radical (unpaired) electrons. The van der Waals surface area contributed by atoms with Crippen molar-refractivity contribution in [2.45, 2.75) is 13.8 Å². The highest BCUT2D eigenvalue weighted by molar-refractivity contribution is 7.92. The van der Waals surface area contributed by atoms with Gasteiger partial charge in [0.2, 0.25) is 10.0 Å². The molecule has 0 saturated carbocycles. The Balaban J connectivity index is 2.20. The van der Waals surface area contributed by atoms with Gasteiger partial charge in [-0.1, -0.05) is 17.7 Å². The summed E-state index contributed by atoms with van der Waals surface area (Å²) in [4.78, 5) is 12.4. The van der Waals surface area contributed by atoms with Crippen molar-refractivity contribution in [2.75, 3.05) is 31.3 Å². The Bertz CT molecular complexity index is 1070. The molecule has 0 spiro atoms. The van der Waals surface area contributed by atoms with Gasteiger partial charge in [-0.3, -0.25) is 9.10 Å². The number of carbonyl (C=O) groups is 1. The Morgan fingerprint density at radius 1 is 1.13 bits per heavy atom. The van der Waals surface area contributed by atoms with Gasteiger partial charge in [0.05, 0.1) is 31.9 Å². The predicted molar refractivity (Wildman–Crippen MR) is 118 cm³/mol. The van der Waals surface area contributed by atoms with Gasteiger partial charge in [-0.15, -0.1) is 0 Å². The molecular weight excluding hydrogens is 430 g/mol. The Hall–Kier alpha value is -2.78. The normalized spacial score (nSPS) is 11.7. The molecule has 0 saturated heterocycles. The Morgan fingerprint density at radius 2 is 1.80 bits per heavy atom. The largest absolute Gasteiger partial charge is 0.493 e. The van der Waals surface area contributed by atoms with E-state index in [1.165, 1.54) is 20.3 Å². The number of sulfonamides is 1. The van der Waals surface area contributed by atoms with Gasteiger partial charge in [-0.05, 0) is 49.7 Å². The summed E-state index contributed by atoms with van der Waals surface area (Å²) in [7, 11) is -0.668. The summed E-state index contributed by atoms with van der Waals surface area (Å²) < 4.78 is 36.0. The number of halogens is 1. The van der Waals surface area contributed by atoms with E-state index in [9.17, 15) is 13.2 Å². The lowest BCUT2D eigenvalue weighted by atomic mass is 10.1.